The number of H-pyrrole nitrogens is 1. The Morgan fingerprint density at radius 2 is 1.33 bits per heavy atom. The molecule has 1 fully saturated rings. The van der Waals surface area contributed by atoms with Crippen LogP contribution in [0.1, 0.15) is 81.5 Å². The number of aromatic nitrogens is 2. The molecular formula is C58H66FN4O11PS. The van der Waals surface area contributed by atoms with Crippen LogP contribution in [0.4, 0.5) is 9.18 Å². The zero-order chi connectivity index (χ0) is 54.1. The molecular weight excluding hydrogens is 1010 g/mol. The molecule has 8 rings (SSSR count). The first kappa shape index (κ1) is 56.0. The van der Waals surface area contributed by atoms with E-state index >= 15 is 4.39 Å². The summed E-state index contributed by atoms with van der Waals surface area (Å²) in [7, 11) is 1.10. The minimum absolute atomic E-state index is 0.0335. The molecule has 402 valence electrons. The standard InChI is InChI=1S/C58H66FN4O11PS/c1-37(2)63(38(3)4)75(72-32-33-76-54(65)57(5,6)36-60-56(67)70-34-48-46-20-14-12-18-44(46)45-19-13-15-21-47(45)48)74-52-49(73-53(51(52)59)62-31-30-50(64)61-55(62)66)35-71-58(39-16-10-9-11-17-39,40-22-26-42(68-7)27-23-40)41-24-28-43(69-8)29-25-41/h9-31,37-38,48-49,51-53H,32-36H2,1-8H3,(H,60,67)(H,61,64,66). The van der Waals surface area contributed by atoms with Crippen LogP contribution in [0.5, 0.6) is 11.5 Å². The molecule has 2 heterocycles. The fourth-order valence-electron chi connectivity index (χ4n) is 9.78. The van der Waals surface area contributed by atoms with E-state index in [2.05, 4.69) is 34.6 Å². The fourth-order valence-corrected chi connectivity index (χ4v) is 12.5. The molecule has 1 saturated heterocycles. The molecule has 0 saturated carbocycles. The highest BCUT2D eigenvalue weighted by atomic mass is 32.2. The second kappa shape index (κ2) is 24.9. The minimum Gasteiger partial charge on any atom is -0.497 e. The summed E-state index contributed by atoms with van der Waals surface area (Å²) in [4.78, 5) is 54.5. The molecule has 1 amide bonds. The van der Waals surface area contributed by atoms with Gasteiger partial charge in [-0.15, -0.1) is 0 Å². The number of carbonyl (C=O) groups is 2. The average Bonchev–Trinajstić information content (AvgIpc) is 3.93. The van der Waals surface area contributed by atoms with Crippen LogP contribution >= 0.6 is 20.3 Å². The van der Waals surface area contributed by atoms with Crippen molar-refractivity contribution in [3.05, 3.63) is 188 Å². The van der Waals surface area contributed by atoms with Crippen LogP contribution in [0, 0.1) is 5.41 Å². The van der Waals surface area contributed by atoms with Gasteiger partial charge in [-0.25, -0.2) is 18.6 Å². The van der Waals surface area contributed by atoms with Crippen molar-refractivity contribution < 1.29 is 46.7 Å². The van der Waals surface area contributed by atoms with Crippen molar-refractivity contribution in [3.63, 3.8) is 0 Å². The van der Waals surface area contributed by atoms with Gasteiger partial charge in [-0.3, -0.25) is 19.1 Å². The number of halogens is 1. The predicted octanol–water partition coefficient (Wildman–Crippen LogP) is 10.4. The highest BCUT2D eigenvalue weighted by Gasteiger charge is 2.51. The number of nitrogens with one attached hydrogen (secondary N) is 2. The summed E-state index contributed by atoms with van der Waals surface area (Å²) in [5.74, 6) is 1.37. The van der Waals surface area contributed by atoms with Crippen molar-refractivity contribution in [2.45, 2.75) is 89.8 Å². The third kappa shape index (κ3) is 12.3. The van der Waals surface area contributed by atoms with Crippen molar-refractivity contribution in [1.82, 2.24) is 19.5 Å². The van der Waals surface area contributed by atoms with Gasteiger partial charge in [0.15, 0.2) is 17.5 Å². The zero-order valence-electron chi connectivity index (χ0n) is 44.0. The zero-order valence-corrected chi connectivity index (χ0v) is 45.7. The summed E-state index contributed by atoms with van der Waals surface area (Å²) in [6.45, 7) is 11.4. The monoisotopic (exact) mass is 1080 g/mol. The van der Waals surface area contributed by atoms with Crippen LogP contribution in [-0.4, -0.2) is 102 Å². The molecule has 5 aromatic carbocycles. The molecule has 1 aliphatic carbocycles. The van der Waals surface area contributed by atoms with Crippen LogP contribution in [0.2, 0.25) is 0 Å². The number of alkyl carbamates (subject to hydrolysis) is 1. The number of thioether (sulfide) groups is 1. The van der Waals surface area contributed by atoms with E-state index in [9.17, 15) is 19.2 Å². The SMILES string of the molecule is COc1ccc(C(OCC2OC(n3ccc(=O)[nH]c3=O)C(F)C2OP(OCCSC(=O)C(C)(C)CNC(=O)OCC2c3ccccc3-c3ccccc32)N(C(C)C)C(C)C)(c2ccccc2)c2ccc(OC)cc2)cc1. The number of rotatable bonds is 23. The van der Waals surface area contributed by atoms with E-state index in [1.807, 2.05) is 135 Å². The number of benzene rings is 5. The van der Waals surface area contributed by atoms with E-state index in [-0.39, 0.29) is 55.2 Å². The normalized spacial score (nSPS) is 17.9. The van der Waals surface area contributed by atoms with Crippen LogP contribution in [-0.2, 0) is 33.7 Å². The number of carbonyl (C=O) groups excluding carboxylic acids is 2. The molecule has 18 heteroatoms. The molecule has 2 N–H and O–H groups in total. The third-order valence-electron chi connectivity index (χ3n) is 13.6. The lowest BCUT2D eigenvalue weighted by Gasteiger charge is -2.39. The molecule has 1 aliphatic heterocycles. The third-order valence-corrected chi connectivity index (χ3v) is 16.9. The van der Waals surface area contributed by atoms with E-state index in [1.165, 1.54) is 6.20 Å². The summed E-state index contributed by atoms with van der Waals surface area (Å²) in [6.07, 6.45) is -5.47. The van der Waals surface area contributed by atoms with Crippen LogP contribution in [0.3, 0.4) is 0 Å². The van der Waals surface area contributed by atoms with Crippen molar-refractivity contribution in [2.24, 2.45) is 5.41 Å². The molecule has 1 aromatic heterocycles. The van der Waals surface area contributed by atoms with E-state index in [0.717, 1.165) is 61.3 Å². The quantitative estimate of drug-likeness (QED) is 0.0354. The Kier molecular flexibility index (Phi) is 18.3. The number of ether oxygens (including phenoxy) is 5. The maximum absolute atomic E-state index is 17.5. The minimum atomic E-state index is -2.08. The van der Waals surface area contributed by atoms with Gasteiger partial charge in [-0.05, 0) is 90.9 Å². The average molecular weight is 1080 g/mol. The van der Waals surface area contributed by atoms with Gasteiger partial charge in [-0.1, -0.05) is 129 Å². The van der Waals surface area contributed by atoms with Crippen molar-refractivity contribution in [2.75, 3.05) is 46.3 Å². The molecule has 6 aromatic rings. The number of hydrogen-bond acceptors (Lipinski definition) is 13. The summed E-state index contributed by atoms with van der Waals surface area (Å²) in [5.41, 5.74) is 2.85. The Hall–Kier alpha value is -6.17. The number of alkyl halides is 1. The van der Waals surface area contributed by atoms with Gasteiger partial charge < -0.3 is 38.0 Å². The van der Waals surface area contributed by atoms with Gasteiger partial charge in [-0.2, -0.15) is 0 Å². The summed E-state index contributed by atoms with van der Waals surface area (Å²) >= 11 is 1.06. The Morgan fingerprint density at radius 1 is 0.776 bits per heavy atom. The molecule has 0 bridgehead atoms. The van der Waals surface area contributed by atoms with Gasteiger partial charge in [0.25, 0.3) is 14.1 Å². The van der Waals surface area contributed by atoms with Crippen molar-refractivity contribution in [3.8, 4) is 22.6 Å². The highest BCUT2D eigenvalue weighted by molar-refractivity contribution is 8.13. The molecule has 0 radical (unpaired) electrons. The first-order valence-corrected chi connectivity index (χ1v) is 27.4. The summed E-state index contributed by atoms with van der Waals surface area (Å²) in [5, 5.41) is 2.61. The van der Waals surface area contributed by atoms with Gasteiger partial charge in [0.05, 0.1) is 32.8 Å². The molecule has 76 heavy (non-hydrogen) atoms. The highest BCUT2D eigenvalue weighted by Crippen LogP contribution is 2.52. The van der Waals surface area contributed by atoms with Gasteiger partial charge in [0.1, 0.15) is 35.9 Å². The lowest BCUT2D eigenvalue weighted by Crippen LogP contribution is -2.41. The predicted molar refractivity (Wildman–Crippen MR) is 293 cm³/mol. The number of aromatic amines is 1. The van der Waals surface area contributed by atoms with Crippen LogP contribution in [0.15, 0.2) is 149 Å². The Bertz CT molecular complexity index is 2930. The summed E-state index contributed by atoms with van der Waals surface area (Å²) in [6, 6.07) is 41.6. The largest absolute Gasteiger partial charge is 0.497 e. The second-order valence-electron chi connectivity index (χ2n) is 19.7. The second-order valence-corrected chi connectivity index (χ2v) is 22.2. The van der Waals surface area contributed by atoms with Crippen LogP contribution in [0.25, 0.3) is 11.1 Å². The molecule has 2 aliphatic rings. The van der Waals surface area contributed by atoms with Crippen LogP contribution < -0.4 is 26.0 Å². The lowest BCUT2D eigenvalue weighted by molar-refractivity contribution is -0.117. The molecule has 5 unspecified atom stereocenters. The van der Waals surface area contributed by atoms with Crippen molar-refractivity contribution in [1.29, 1.82) is 0 Å². The lowest BCUT2D eigenvalue weighted by atomic mass is 9.80. The summed E-state index contributed by atoms with van der Waals surface area (Å²) < 4.78 is 64.4. The van der Waals surface area contributed by atoms with E-state index in [0.29, 0.717) is 11.5 Å². The van der Waals surface area contributed by atoms with E-state index in [4.69, 9.17) is 32.7 Å². The Morgan fingerprint density at radius 3 is 1.88 bits per heavy atom. The smallest absolute Gasteiger partial charge is 0.407 e. The topological polar surface area (TPSA) is 169 Å². The maximum atomic E-state index is 17.5. The number of amides is 1. The van der Waals surface area contributed by atoms with Gasteiger partial charge >= 0.3 is 11.8 Å². The fraction of sp³-hybridized carbons (Fsp3) is 0.379. The van der Waals surface area contributed by atoms with Gasteiger partial charge in [0.2, 0.25) is 0 Å². The number of methoxy groups -OCH3 is 2. The number of hydrogen-bond donors (Lipinski definition) is 2. The Balaban J connectivity index is 0.995. The molecule has 0 spiro atoms. The molecule has 15 nitrogen and oxygen atoms in total. The maximum Gasteiger partial charge on any atom is 0.407 e. The number of nitrogens with zero attached hydrogens (tertiary/aromatic N) is 2. The Labute approximate surface area is 448 Å². The van der Waals surface area contributed by atoms with Crippen molar-refractivity contribution >= 4 is 31.5 Å². The first-order chi connectivity index (χ1) is 36.6. The van der Waals surface area contributed by atoms with E-state index in [1.54, 1.807) is 28.1 Å². The van der Waals surface area contributed by atoms with E-state index < -0.39 is 61.5 Å². The number of fused-ring (bicyclic) bond motifs is 3. The molecule has 5 atom stereocenters. The van der Waals surface area contributed by atoms with Gasteiger partial charge in [0, 0.05) is 42.6 Å². The first-order valence-electron chi connectivity index (χ1n) is 25.3.